The third kappa shape index (κ3) is 3.54. The minimum atomic E-state index is -3.63. The van der Waals surface area contributed by atoms with Gasteiger partial charge in [0.25, 0.3) is 0 Å². The van der Waals surface area contributed by atoms with Crippen LogP contribution in [0, 0.1) is 0 Å². The molecular formula is C14H19F2N3O5. The van der Waals surface area contributed by atoms with Crippen molar-refractivity contribution in [3.8, 4) is 0 Å². The molecule has 8 nitrogen and oxygen atoms in total. The number of halogens is 2. The second-order valence-electron chi connectivity index (χ2n) is 5.54. The van der Waals surface area contributed by atoms with Crippen LogP contribution in [-0.4, -0.2) is 51.0 Å². The molecule has 0 radical (unpaired) electrons. The quantitative estimate of drug-likeness (QED) is 0.716. The topological polar surface area (TPSA) is 117 Å². The average Bonchev–Trinajstić information content (AvgIpc) is 2.73. The Hall–Kier alpha value is -2.07. The molecule has 0 aliphatic carbocycles. The summed E-state index contributed by atoms with van der Waals surface area (Å²) in [4.78, 5) is 26.4. The van der Waals surface area contributed by atoms with E-state index in [0.29, 0.717) is 0 Å². The smallest absolute Gasteiger partial charge is 0.349 e. The molecule has 4 atom stereocenters. The first-order chi connectivity index (χ1) is 11.2. The van der Waals surface area contributed by atoms with Crippen molar-refractivity contribution in [1.82, 2.24) is 9.55 Å². The molecule has 0 spiro atoms. The largest absolute Gasteiger partial charge is 0.460 e. The summed E-state index contributed by atoms with van der Waals surface area (Å²) in [6.07, 6.45) is -5.13. The number of esters is 1. The van der Waals surface area contributed by atoms with E-state index in [9.17, 15) is 23.5 Å². The fraction of sp³-hybridized carbons (Fsp3) is 0.643. The molecule has 1 saturated heterocycles. The normalized spacial score (nSPS) is 27.0. The first-order valence-electron chi connectivity index (χ1n) is 7.40. The summed E-state index contributed by atoms with van der Waals surface area (Å²) in [5.41, 5.74) is 4.53. The van der Waals surface area contributed by atoms with E-state index in [-0.39, 0.29) is 12.2 Å². The van der Waals surface area contributed by atoms with E-state index in [2.05, 4.69) is 4.98 Å². The zero-order valence-corrected chi connectivity index (χ0v) is 13.2. The lowest BCUT2D eigenvalue weighted by Gasteiger charge is -2.22. The molecule has 1 aliphatic heterocycles. The maximum atomic E-state index is 14.3. The highest BCUT2D eigenvalue weighted by atomic mass is 19.3. The van der Waals surface area contributed by atoms with Gasteiger partial charge in [0.1, 0.15) is 30.2 Å². The lowest BCUT2D eigenvalue weighted by Crippen LogP contribution is -2.45. The van der Waals surface area contributed by atoms with Gasteiger partial charge in [-0.15, -0.1) is 0 Å². The highest BCUT2D eigenvalue weighted by Gasteiger charge is 2.60. The van der Waals surface area contributed by atoms with Crippen LogP contribution < -0.4 is 11.4 Å². The molecule has 10 heteroatoms. The SMILES string of the molecule is CCC(=O)O[C@@H](C)[C@H]1O[C@@H](Cn2ccc(N)nc2=O)C(F)(F)[C@@H]1O. The number of aliphatic hydroxyl groups is 1. The Labute approximate surface area is 136 Å². The number of carbonyl (C=O) groups excluding carboxylic acids is 1. The van der Waals surface area contributed by atoms with E-state index in [1.807, 2.05) is 0 Å². The van der Waals surface area contributed by atoms with Crippen molar-refractivity contribution in [2.24, 2.45) is 0 Å². The number of aromatic nitrogens is 2. The Bertz CT molecular complexity index is 666. The summed E-state index contributed by atoms with van der Waals surface area (Å²) in [6, 6.07) is 1.29. The molecule has 1 aromatic heterocycles. The standard InChI is InChI=1S/C14H19F2N3O5/c1-3-10(20)23-7(2)11-12(21)14(15,16)8(24-11)6-19-5-4-9(17)18-13(19)22/h4-5,7-8,11-12,21H,3,6H2,1-2H3,(H2,17,18,22)/t7-,8-,11+,12+/m0/s1. The third-order valence-electron chi connectivity index (χ3n) is 3.78. The van der Waals surface area contributed by atoms with E-state index in [1.54, 1.807) is 6.92 Å². The Morgan fingerprint density at radius 1 is 1.62 bits per heavy atom. The molecule has 0 aromatic carbocycles. The number of ether oxygens (including phenoxy) is 2. The molecule has 2 rings (SSSR count). The Kier molecular flexibility index (Phi) is 5.19. The third-order valence-corrected chi connectivity index (χ3v) is 3.78. The van der Waals surface area contributed by atoms with Crippen molar-refractivity contribution < 1.29 is 28.2 Å². The summed E-state index contributed by atoms with van der Waals surface area (Å²) in [5, 5.41) is 9.85. The molecule has 1 aromatic rings. The number of aliphatic hydroxyl groups excluding tert-OH is 1. The van der Waals surface area contributed by atoms with Gasteiger partial charge in [-0.3, -0.25) is 9.36 Å². The van der Waals surface area contributed by atoms with E-state index < -0.39 is 48.5 Å². The zero-order chi connectivity index (χ0) is 18.1. The van der Waals surface area contributed by atoms with Crippen LogP contribution in [0.5, 0.6) is 0 Å². The maximum absolute atomic E-state index is 14.3. The average molecular weight is 347 g/mol. The summed E-state index contributed by atoms with van der Waals surface area (Å²) < 4.78 is 39.5. The Morgan fingerprint density at radius 2 is 2.29 bits per heavy atom. The number of hydrogen-bond donors (Lipinski definition) is 2. The number of hydrogen-bond acceptors (Lipinski definition) is 7. The van der Waals surface area contributed by atoms with Crippen LogP contribution in [0.25, 0.3) is 0 Å². The van der Waals surface area contributed by atoms with E-state index in [0.717, 1.165) is 4.57 Å². The van der Waals surface area contributed by atoms with Gasteiger partial charge in [0, 0.05) is 12.6 Å². The number of carbonyl (C=O) groups is 1. The predicted octanol–water partition coefficient (Wildman–Crippen LogP) is -0.0692. The van der Waals surface area contributed by atoms with Crippen LogP contribution in [0.1, 0.15) is 20.3 Å². The van der Waals surface area contributed by atoms with Gasteiger partial charge in [-0.05, 0) is 13.0 Å². The van der Waals surface area contributed by atoms with Gasteiger partial charge in [-0.1, -0.05) is 6.92 Å². The van der Waals surface area contributed by atoms with Gasteiger partial charge < -0.3 is 20.3 Å². The first kappa shape index (κ1) is 18.3. The molecular weight excluding hydrogens is 328 g/mol. The Balaban J connectivity index is 2.16. The van der Waals surface area contributed by atoms with Crippen molar-refractivity contribution in [3.05, 3.63) is 22.7 Å². The minimum Gasteiger partial charge on any atom is -0.460 e. The second-order valence-corrected chi connectivity index (χ2v) is 5.54. The van der Waals surface area contributed by atoms with E-state index >= 15 is 0 Å². The van der Waals surface area contributed by atoms with Crippen LogP contribution in [0.4, 0.5) is 14.6 Å². The molecule has 3 N–H and O–H groups in total. The molecule has 24 heavy (non-hydrogen) atoms. The molecule has 2 heterocycles. The second kappa shape index (κ2) is 6.81. The van der Waals surface area contributed by atoms with E-state index in [1.165, 1.54) is 19.2 Å². The van der Waals surface area contributed by atoms with Gasteiger partial charge in [0.15, 0.2) is 0 Å². The molecule has 134 valence electrons. The summed E-state index contributed by atoms with van der Waals surface area (Å²) in [6.45, 7) is 2.39. The van der Waals surface area contributed by atoms with Gasteiger partial charge >= 0.3 is 17.6 Å². The van der Waals surface area contributed by atoms with E-state index in [4.69, 9.17) is 15.2 Å². The fourth-order valence-corrected chi connectivity index (χ4v) is 2.41. The molecule has 1 fully saturated rings. The van der Waals surface area contributed by atoms with Crippen LogP contribution in [0.2, 0.25) is 0 Å². The van der Waals surface area contributed by atoms with Gasteiger partial charge in [0.2, 0.25) is 0 Å². The lowest BCUT2D eigenvalue weighted by atomic mass is 10.0. The molecule has 0 unspecified atom stereocenters. The lowest BCUT2D eigenvalue weighted by molar-refractivity contribution is -0.158. The molecule has 1 aliphatic rings. The number of anilines is 1. The molecule has 0 amide bonds. The molecule has 0 saturated carbocycles. The summed E-state index contributed by atoms with van der Waals surface area (Å²) in [7, 11) is 0. The highest BCUT2D eigenvalue weighted by molar-refractivity contribution is 5.69. The number of rotatable bonds is 5. The maximum Gasteiger partial charge on any atom is 0.349 e. The number of nitrogens with zero attached hydrogens (tertiary/aromatic N) is 2. The van der Waals surface area contributed by atoms with Crippen molar-refractivity contribution >= 4 is 11.8 Å². The van der Waals surface area contributed by atoms with Gasteiger partial charge in [0.05, 0.1) is 6.54 Å². The number of nitrogens with two attached hydrogens (primary N) is 1. The Morgan fingerprint density at radius 3 is 2.88 bits per heavy atom. The summed E-state index contributed by atoms with van der Waals surface area (Å²) >= 11 is 0. The first-order valence-corrected chi connectivity index (χ1v) is 7.40. The van der Waals surface area contributed by atoms with Crippen molar-refractivity contribution in [3.63, 3.8) is 0 Å². The number of alkyl halides is 2. The van der Waals surface area contributed by atoms with Crippen molar-refractivity contribution in [2.45, 2.75) is 57.2 Å². The van der Waals surface area contributed by atoms with Crippen LogP contribution in [0.15, 0.2) is 17.1 Å². The molecule has 0 bridgehead atoms. The summed E-state index contributed by atoms with van der Waals surface area (Å²) in [5.74, 6) is -4.25. The van der Waals surface area contributed by atoms with Crippen molar-refractivity contribution in [1.29, 1.82) is 0 Å². The number of nitrogen functional groups attached to an aromatic ring is 1. The van der Waals surface area contributed by atoms with Gasteiger partial charge in [-0.25, -0.2) is 13.6 Å². The van der Waals surface area contributed by atoms with Crippen LogP contribution in [0.3, 0.4) is 0 Å². The predicted molar refractivity (Wildman–Crippen MR) is 78.4 cm³/mol. The van der Waals surface area contributed by atoms with Crippen molar-refractivity contribution in [2.75, 3.05) is 5.73 Å². The monoisotopic (exact) mass is 347 g/mol. The van der Waals surface area contributed by atoms with Crippen LogP contribution in [-0.2, 0) is 20.8 Å². The fourth-order valence-electron chi connectivity index (χ4n) is 2.41. The minimum absolute atomic E-state index is 0.0339. The van der Waals surface area contributed by atoms with Crippen LogP contribution >= 0.6 is 0 Å². The van der Waals surface area contributed by atoms with Gasteiger partial charge in [-0.2, -0.15) is 4.98 Å². The highest BCUT2D eigenvalue weighted by Crippen LogP contribution is 2.38. The zero-order valence-electron chi connectivity index (χ0n) is 13.2.